The van der Waals surface area contributed by atoms with E-state index < -0.39 is 0 Å². The van der Waals surface area contributed by atoms with Crippen LogP contribution < -0.4 is 5.43 Å². The lowest BCUT2D eigenvalue weighted by Gasteiger charge is -2.14. The molecule has 0 atom stereocenters. The summed E-state index contributed by atoms with van der Waals surface area (Å²) < 4.78 is 2.79. The summed E-state index contributed by atoms with van der Waals surface area (Å²) in [4.78, 5) is 12.3. The van der Waals surface area contributed by atoms with Crippen molar-refractivity contribution in [1.29, 1.82) is 0 Å². The maximum atomic E-state index is 12.3. The molecular weight excluding hydrogens is 318 g/mol. The quantitative estimate of drug-likeness (QED) is 0.740. The van der Waals surface area contributed by atoms with Gasteiger partial charge in [0.2, 0.25) is 5.43 Å². The number of para-hydroxylation sites is 1. The standard InChI is InChI=1S/C16H12BrNO2/c1-18-13-5-3-2-4-12(13)15(19)16(20)14(18)10-6-8-11(17)9-7-10/h2-9,20H,1H3. The van der Waals surface area contributed by atoms with Gasteiger partial charge in [0, 0.05) is 22.5 Å². The molecule has 0 spiro atoms. The van der Waals surface area contributed by atoms with Gasteiger partial charge >= 0.3 is 0 Å². The molecule has 2 aromatic carbocycles. The van der Waals surface area contributed by atoms with Crippen molar-refractivity contribution in [2.45, 2.75) is 0 Å². The van der Waals surface area contributed by atoms with Crippen LogP contribution in [0.2, 0.25) is 0 Å². The minimum Gasteiger partial charge on any atom is -0.503 e. The monoisotopic (exact) mass is 329 g/mol. The average Bonchev–Trinajstić information content (AvgIpc) is 2.47. The van der Waals surface area contributed by atoms with E-state index in [4.69, 9.17) is 0 Å². The van der Waals surface area contributed by atoms with Crippen LogP contribution in [-0.2, 0) is 7.05 Å². The number of nitrogens with zero attached hydrogens (tertiary/aromatic N) is 1. The number of hydrogen-bond donors (Lipinski definition) is 1. The summed E-state index contributed by atoms with van der Waals surface area (Å²) in [5.41, 5.74) is 1.79. The molecule has 0 aliphatic carbocycles. The minimum atomic E-state index is -0.336. The molecule has 3 aromatic rings. The first kappa shape index (κ1) is 12.9. The van der Waals surface area contributed by atoms with Gasteiger partial charge < -0.3 is 9.67 Å². The van der Waals surface area contributed by atoms with Crippen molar-refractivity contribution in [3.63, 3.8) is 0 Å². The number of hydrogen-bond acceptors (Lipinski definition) is 2. The molecule has 1 N–H and O–H groups in total. The summed E-state index contributed by atoms with van der Waals surface area (Å²) in [6, 6.07) is 14.8. The number of rotatable bonds is 1. The van der Waals surface area contributed by atoms with Gasteiger partial charge in [-0.05, 0) is 24.3 Å². The highest BCUT2D eigenvalue weighted by Gasteiger charge is 2.15. The molecule has 20 heavy (non-hydrogen) atoms. The van der Waals surface area contributed by atoms with Crippen LogP contribution in [0.5, 0.6) is 5.75 Å². The molecule has 0 unspecified atom stereocenters. The van der Waals surface area contributed by atoms with E-state index in [1.54, 1.807) is 12.1 Å². The lowest BCUT2D eigenvalue weighted by molar-refractivity contribution is 0.468. The van der Waals surface area contributed by atoms with Crippen molar-refractivity contribution < 1.29 is 5.11 Å². The third-order valence-corrected chi connectivity index (χ3v) is 3.93. The van der Waals surface area contributed by atoms with E-state index in [9.17, 15) is 9.90 Å². The summed E-state index contributed by atoms with van der Waals surface area (Å²) in [6.45, 7) is 0. The predicted octanol–water partition coefficient (Wildman–Crippen LogP) is 3.67. The molecule has 1 aromatic heterocycles. The highest BCUT2D eigenvalue weighted by Crippen LogP contribution is 2.30. The number of aromatic nitrogens is 1. The Bertz CT molecular complexity index is 851. The molecule has 0 radical (unpaired) electrons. The Morgan fingerprint density at radius 2 is 1.70 bits per heavy atom. The fraction of sp³-hybridized carbons (Fsp3) is 0.0625. The second-order valence-electron chi connectivity index (χ2n) is 4.61. The SMILES string of the molecule is Cn1c(-c2ccc(Br)cc2)c(O)c(=O)c2ccccc21. The van der Waals surface area contributed by atoms with E-state index in [2.05, 4.69) is 15.9 Å². The zero-order chi connectivity index (χ0) is 14.3. The van der Waals surface area contributed by atoms with Crippen LogP contribution in [-0.4, -0.2) is 9.67 Å². The summed E-state index contributed by atoms with van der Waals surface area (Å²) >= 11 is 3.38. The second kappa shape index (κ2) is 4.80. The smallest absolute Gasteiger partial charge is 0.231 e. The van der Waals surface area contributed by atoms with E-state index in [1.807, 2.05) is 48.0 Å². The Morgan fingerprint density at radius 1 is 1.05 bits per heavy atom. The number of fused-ring (bicyclic) bond motifs is 1. The Morgan fingerprint density at radius 3 is 2.40 bits per heavy atom. The molecule has 0 bridgehead atoms. The van der Waals surface area contributed by atoms with Gasteiger partial charge in [-0.3, -0.25) is 4.79 Å². The lowest BCUT2D eigenvalue weighted by atomic mass is 10.1. The maximum Gasteiger partial charge on any atom is 0.231 e. The van der Waals surface area contributed by atoms with Crippen molar-refractivity contribution in [3.8, 4) is 17.0 Å². The molecule has 0 aliphatic heterocycles. The number of aromatic hydroxyl groups is 1. The predicted molar refractivity (Wildman–Crippen MR) is 84.0 cm³/mol. The van der Waals surface area contributed by atoms with Crippen LogP contribution in [0.1, 0.15) is 0 Å². The molecule has 3 nitrogen and oxygen atoms in total. The first-order valence-electron chi connectivity index (χ1n) is 6.16. The Hall–Kier alpha value is -2.07. The fourth-order valence-electron chi connectivity index (χ4n) is 2.41. The van der Waals surface area contributed by atoms with Gasteiger partial charge in [0.1, 0.15) is 0 Å². The Kier molecular flexibility index (Phi) is 3.10. The van der Waals surface area contributed by atoms with E-state index in [0.29, 0.717) is 11.1 Å². The lowest BCUT2D eigenvalue weighted by Crippen LogP contribution is -2.10. The largest absolute Gasteiger partial charge is 0.503 e. The van der Waals surface area contributed by atoms with Gasteiger partial charge in [-0.2, -0.15) is 0 Å². The minimum absolute atomic E-state index is 0.214. The Balaban J connectivity index is 2.42. The van der Waals surface area contributed by atoms with Crippen LogP contribution >= 0.6 is 15.9 Å². The molecule has 4 heteroatoms. The highest BCUT2D eigenvalue weighted by molar-refractivity contribution is 9.10. The van der Waals surface area contributed by atoms with Gasteiger partial charge in [-0.1, -0.05) is 40.2 Å². The van der Waals surface area contributed by atoms with Crippen molar-refractivity contribution in [1.82, 2.24) is 4.57 Å². The maximum absolute atomic E-state index is 12.3. The van der Waals surface area contributed by atoms with E-state index in [1.165, 1.54) is 0 Å². The number of pyridine rings is 1. The van der Waals surface area contributed by atoms with Gasteiger partial charge in [-0.25, -0.2) is 0 Å². The first-order valence-corrected chi connectivity index (χ1v) is 6.95. The summed E-state index contributed by atoms with van der Waals surface area (Å²) in [7, 11) is 1.85. The van der Waals surface area contributed by atoms with E-state index >= 15 is 0 Å². The molecule has 0 aliphatic rings. The molecule has 1 heterocycles. The zero-order valence-corrected chi connectivity index (χ0v) is 12.4. The molecule has 0 fully saturated rings. The van der Waals surface area contributed by atoms with Crippen LogP contribution in [0.4, 0.5) is 0 Å². The third kappa shape index (κ3) is 1.93. The van der Waals surface area contributed by atoms with Gasteiger partial charge in [0.05, 0.1) is 11.2 Å². The van der Waals surface area contributed by atoms with Crippen molar-refractivity contribution in [2.75, 3.05) is 0 Å². The zero-order valence-electron chi connectivity index (χ0n) is 10.8. The number of aryl methyl sites for hydroxylation is 1. The van der Waals surface area contributed by atoms with Gasteiger partial charge in [-0.15, -0.1) is 0 Å². The van der Waals surface area contributed by atoms with Gasteiger partial charge in [0.25, 0.3) is 0 Å². The Labute approximate surface area is 124 Å². The van der Waals surface area contributed by atoms with Crippen LogP contribution in [0.25, 0.3) is 22.2 Å². The number of halogens is 1. The van der Waals surface area contributed by atoms with Crippen molar-refractivity contribution in [2.24, 2.45) is 7.05 Å². The fourth-order valence-corrected chi connectivity index (χ4v) is 2.67. The second-order valence-corrected chi connectivity index (χ2v) is 5.53. The molecule has 0 amide bonds. The normalized spacial score (nSPS) is 10.9. The molecule has 0 saturated carbocycles. The summed E-state index contributed by atoms with van der Waals surface area (Å²) in [5, 5.41) is 10.8. The molecule has 3 rings (SSSR count). The third-order valence-electron chi connectivity index (χ3n) is 3.40. The first-order chi connectivity index (χ1) is 9.59. The topological polar surface area (TPSA) is 42.2 Å². The van der Waals surface area contributed by atoms with Crippen LogP contribution in [0.15, 0.2) is 57.8 Å². The molecule has 100 valence electrons. The summed E-state index contributed by atoms with van der Waals surface area (Å²) in [6.07, 6.45) is 0. The van der Waals surface area contributed by atoms with Crippen LogP contribution in [0, 0.1) is 0 Å². The molecule has 0 saturated heterocycles. The van der Waals surface area contributed by atoms with Gasteiger partial charge in [0.15, 0.2) is 5.75 Å². The highest BCUT2D eigenvalue weighted by atomic mass is 79.9. The van der Waals surface area contributed by atoms with Crippen molar-refractivity contribution >= 4 is 26.8 Å². The van der Waals surface area contributed by atoms with Crippen molar-refractivity contribution in [3.05, 3.63) is 63.2 Å². The van der Waals surface area contributed by atoms with Crippen LogP contribution in [0.3, 0.4) is 0 Å². The summed E-state index contributed by atoms with van der Waals surface area (Å²) in [5.74, 6) is -0.214. The average molecular weight is 330 g/mol. The molecular formula is C16H12BrNO2. The van der Waals surface area contributed by atoms with E-state index in [-0.39, 0.29) is 11.2 Å². The van der Waals surface area contributed by atoms with E-state index in [0.717, 1.165) is 15.6 Å². The number of benzene rings is 2.